The third kappa shape index (κ3) is 3.32. The summed E-state index contributed by atoms with van der Waals surface area (Å²) < 4.78 is 7.37. The number of benzene rings is 2. The molecule has 32 heavy (non-hydrogen) atoms. The van der Waals surface area contributed by atoms with Crippen molar-refractivity contribution in [2.75, 3.05) is 19.7 Å². The van der Waals surface area contributed by atoms with Crippen LogP contribution in [0, 0.1) is 0 Å². The van der Waals surface area contributed by atoms with Gasteiger partial charge in [-0.25, -0.2) is 14.3 Å². The van der Waals surface area contributed by atoms with E-state index in [1.54, 1.807) is 9.58 Å². The van der Waals surface area contributed by atoms with Gasteiger partial charge in [0.15, 0.2) is 0 Å². The molecule has 164 valence electrons. The van der Waals surface area contributed by atoms with Gasteiger partial charge >= 0.3 is 11.8 Å². The van der Waals surface area contributed by atoms with Gasteiger partial charge in [0.05, 0.1) is 6.04 Å². The van der Waals surface area contributed by atoms with E-state index in [2.05, 4.69) is 34.3 Å². The van der Waals surface area contributed by atoms with Crippen LogP contribution < -0.4 is 5.69 Å². The fraction of sp³-hybridized carbons (Fsp3) is 0.400. The summed E-state index contributed by atoms with van der Waals surface area (Å²) in [4.78, 5) is 29.7. The Hall–Kier alpha value is -3.35. The van der Waals surface area contributed by atoms with Crippen LogP contribution in [-0.4, -0.2) is 45.5 Å². The summed E-state index contributed by atoms with van der Waals surface area (Å²) in [6.07, 6.45) is 3.34. The lowest BCUT2D eigenvalue weighted by molar-refractivity contribution is 0.0850. The third-order valence-electron chi connectivity index (χ3n) is 7.03. The molecule has 1 aliphatic heterocycles. The van der Waals surface area contributed by atoms with Crippen molar-refractivity contribution < 1.29 is 9.53 Å². The molecule has 2 heterocycles. The Balaban J connectivity index is 1.09. The molecule has 2 aliphatic carbocycles. The number of hydrogen-bond acceptors (Lipinski definition) is 4. The van der Waals surface area contributed by atoms with Crippen molar-refractivity contribution in [3.05, 3.63) is 76.0 Å². The summed E-state index contributed by atoms with van der Waals surface area (Å²) in [5, 5.41) is 4.51. The first kappa shape index (κ1) is 19.3. The number of aromatic amines is 1. The molecule has 0 unspecified atom stereocenters. The van der Waals surface area contributed by atoms with Crippen molar-refractivity contribution in [2.45, 2.75) is 43.6 Å². The van der Waals surface area contributed by atoms with Gasteiger partial charge < -0.3 is 9.64 Å². The summed E-state index contributed by atoms with van der Waals surface area (Å²) in [6, 6.07) is 16.7. The van der Waals surface area contributed by atoms with Gasteiger partial charge in [0.25, 0.3) is 0 Å². The Kier molecular flexibility index (Phi) is 4.63. The van der Waals surface area contributed by atoms with E-state index in [4.69, 9.17) is 4.74 Å². The molecule has 0 radical (unpaired) electrons. The van der Waals surface area contributed by atoms with E-state index >= 15 is 0 Å². The minimum atomic E-state index is -0.279. The van der Waals surface area contributed by atoms with Gasteiger partial charge in [-0.15, -0.1) is 0 Å². The van der Waals surface area contributed by atoms with Crippen LogP contribution in [0.2, 0.25) is 0 Å². The number of fused-ring (bicyclic) bond motifs is 3. The Morgan fingerprint density at radius 2 is 1.59 bits per heavy atom. The van der Waals surface area contributed by atoms with Crippen molar-refractivity contribution in [2.24, 2.45) is 0 Å². The van der Waals surface area contributed by atoms with Crippen LogP contribution in [0.4, 0.5) is 4.79 Å². The number of nitrogens with zero attached hydrogens (tertiary/aromatic N) is 3. The van der Waals surface area contributed by atoms with Crippen molar-refractivity contribution in [3.8, 4) is 11.1 Å². The fourth-order valence-electron chi connectivity index (χ4n) is 5.12. The zero-order valence-corrected chi connectivity index (χ0v) is 17.9. The van der Waals surface area contributed by atoms with Gasteiger partial charge in [0, 0.05) is 24.9 Å². The highest BCUT2D eigenvalue weighted by molar-refractivity contribution is 5.79. The molecular weight excluding hydrogens is 404 g/mol. The monoisotopic (exact) mass is 430 g/mol. The molecule has 2 aromatic carbocycles. The summed E-state index contributed by atoms with van der Waals surface area (Å²) in [7, 11) is 0. The summed E-state index contributed by atoms with van der Waals surface area (Å²) >= 11 is 0. The van der Waals surface area contributed by atoms with Gasteiger partial charge in [0.2, 0.25) is 0 Å². The number of hydrogen-bond donors (Lipinski definition) is 1. The minimum absolute atomic E-state index is 0.0314. The first-order valence-electron chi connectivity index (χ1n) is 11.5. The molecule has 0 bridgehead atoms. The van der Waals surface area contributed by atoms with E-state index in [1.165, 1.54) is 22.3 Å². The van der Waals surface area contributed by atoms with E-state index in [0.29, 0.717) is 38.5 Å². The Bertz CT molecular complexity index is 1170. The van der Waals surface area contributed by atoms with Gasteiger partial charge in [-0.2, -0.15) is 5.10 Å². The Morgan fingerprint density at radius 3 is 2.22 bits per heavy atom. The lowest BCUT2D eigenvalue weighted by Gasteiger charge is -2.31. The molecule has 7 heteroatoms. The van der Waals surface area contributed by atoms with Crippen molar-refractivity contribution >= 4 is 6.09 Å². The van der Waals surface area contributed by atoms with Gasteiger partial charge in [-0.1, -0.05) is 48.5 Å². The predicted octanol–water partition coefficient (Wildman–Crippen LogP) is 4.03. The van der Waals surface area contributed by atoms with Gasteiger partial charge in [-0.05, 0) is 47.9 Å². The number of carbonyl (C=O) groups is 1. The molecule has 0 atom stereocenters. The first-order valence-corrected chi connectivity index (χ1v) is 11.5. The van der Waals surface area contributed by atoms with Crippen LogP contribution in [0.3, 0.4) is 0 Å². The molecule has 3 aromatic rings. The fourth-order valence-corrected chi connectivity index (χ4v) is 5.12. The van der Waals surface area contributed by atoms with Crippen LogP contribution in [-0.2, 0) is 4.74 Å². The Labute approximate surface area is 186 Å². The predicted molar refractivity (Wildman–Crippen MR) is 120 cm³/mol. The zero-order valence-electron chi connectivity index (χ0n) is 17.9. The van der Waals surface area contributed by atoms with Crippen LogP contribution >= 0.6 is 0 Å². The highest BCUT2D eigenvalue weighted by Gasteiger charge is 2.32. The summed E-state index contributed by atoms with van der Waals surface area (Å²) in [5.74, 6) is 1.30. The smallest absolute Gasteiger partial charge is 0.409 e. The minimum Gasteiger partial charge on any atom is -0.448 e. The van der Waals surface area contributed by atoms with E-state index in [0.717, 1.165) is 18.7 Å². The quantitative estimate of drug-likeness (QED) is 0.678. The summed E-state index contributed by atoms with van der Waals surface area (Å²) in [5.41, 5.74) is 4.74. The highest BCUT2D eigenvalue weighted by atomic mass is 16.6. The number of H-pyrrole nitrogens is 1. The molecule has 2 fully saturated rings. The van der Waals surface area contributed by atoms with E-state index in [-0.39, 0.29) is 23.7 Å². The molecule has 3 aliphatic rings. The molecule has 1 aromatic heterocycles. The number of amides is 1. The van der Waals surface area contributed by atoms with Crippen LogP contribution in [0.5, 0.6) is 0 Å². The van der Waals surface area contributed by atoms with Crippen LogP contribution in [0.15, 0.2) is 53.3 Å². The molecular formula is C25H26N4O3. The molecule has 1 amide bonds. The maximum Gasteiger partial charge on any atom is 0.409 e. The van der Waals surface area contributed by atoms with Crippen LogP contribution in [0.1, 0.15) is 60.5 Å². The lowest BCUT2D eigenvalue weighted by atomic mass is 9.98. The number of likely N-dealkylation sites (tertiary alicyclic amines) is 1. The topological polar surface area (TPSA) is 80.2 Å². The van der Waals surface area contributed by atoms with Crippen LogP contribution in [0.25, 0.3) is 11.1 Å². The largest absolute Gasteiger partial charge is 0.448 e. The molecule has 1 saturated carbocycles. The highest BCUT2D eigenvalue weighted by Crippen LogP contribution is 2.44. The maximum atomic E-state index is 12.8. The van der Waals surface area contributed by atoms with Crippen molar-refractivity contribution in [3.63, 3.8) is 0 Å². The second kappa shape index (κ2) is 7.65. The molecule has 0 spiro atoms. The number of carbonyl (C=O) groups excluding carboxylic acids is 1. The molecule has 1 saturated heterocycles. The SMILES string of the molecule is O=C(OCC1c2ccccc2-c2ccccc21)N1CCC(n2nc(C3CC3)[nH]c2=O)CC1. The number of piperidine rings is 1. The Morgan fingerprint density at radius 1 is 0.969 bits per heavy atom. The second-order valence-corrected chi connectivity index (χ2v) is 9.06. The number of nitrogens with one attached hydrogen (secondary N) is 1. The molecule has 7 nitrogen and oxygen atoms in total. The van der Waals surface area contributed by atoms with Crippen molar-refractivity contribution in [1.29, 1.82) is 0 Å². The van der Waals surface area contributed by atoms with E-state index < -0.39 is 0 Å². The number of aromatic nitrogens is 3. The third-order valence-corrected chi connectivity index (χ3v) is 7.03. The van der Waals surface area contributed by atoms with Gasteiger partial charge in [0.1, 0.15) is 12.4 Å². The van der Waals surface area contributed by atoms with Crippen molar-refractivity contribution in [1.82, 2.24) is 19.7 Å². The average molecular weight is 431 g/mol. The second-order valence-electron chi connectivity index (χ2n) is 9.06. The maximum absolute atomic E-state index is 12.8. The van der Waals surface area contributed by atoms with Gasteiger partial charge in [-0.3, -0.25) is 4.98 Å². The molecule has 1 N–H and O–H groups in total. The lowest BCUT2D eigenvalue weighted by Crippen LogP contribution is -2.41. The first-order chi connectivity index (χ1) is 15.7. The normalized spacial score (nSPS) is 18.4. The number of ether oxygens (including phenoxy) is 1. The standard InChI is InChI=1S/C25H26N4O3/c30-24-26-23(16-9-10-16)27-29(24)17-11-13-28(14-12-17)25(31)32-15-22-20-7-3-1-5-18(20)19-6-2-4-8-21(19)22/h1-8,16-17,22H,9-15H2,(H,26,27,30). The number of rotatable bonds is 4. The molecule has 6 rings (SSSR count). The average Bonchev–Trinajstić information content (AvgIpc) is 3.54. The van der Waals surface area contributed by atoms with E-state index in [9.17, 15) is 9.59 Å². The zero-order chi connectivity index (χ0) is 21.7. The summed E-state index contributed by atoms with van der Waals surface area (Å²) in [6.45, 7) is 1.47. The van der Waals surface area contributed by atoms with E-state index in [1.807, 2.05) is 24.3 Å².